The molecule has 3 unspecified atom stereocenters. The van der Waals surface area contributed by atoms with Gasteiger partial charge >= 0.3 is 0 Å². The van der Waals surface area contributed by atoms with Crippen LogP contribution in [0.2, 0.25) is 0 Å². The van der Waals surface area contributed by atoms with E-state index < -0.39 is 0 Å². The molecule has 9 heteroatoms. The summed E-state index contributed by atoms with van der Waals surface area (Å²) in [6, 6.07) is 15.8. The highest BCUT2D eigenvalue weighted by Crippen LogP contribution is 2.38. The van der Waals surface area contributed by atoms with Crippen molar-refractivity contribution in [3.8, 4) is 0 Å². The molecule has 0 radical (unpaired) electrons. The number of amides is 2. The van der Waals surface area contributed by atoms with Crippen LogP contribution in [0.5, 0.6) is 0 Å². The van der Waals surface area contributed by atoms with Gasteiger partial charge in [0.25, 0.3) is 0 Å². The molecule has 0 spiro atoms. The van der Waals surface area contributed by atoms with Gasteiger partial charge in [-0.1, -0.05) is 61.2 Å². The lowest BCUT2D eigenvalue weighted by Crippen LogP contribution is -2.64. The number of para-hydroxylation sites is 1. The van der Waals surface area contributed by atoms with Crippen molar-refractivity contribution in [3.63, 3.8) is 0 Å². The monoisotopic (exact) mass is 472 g/mol. The zero-order valence-corrected chi connectivity index (χ0v) is 19.7. The van der Waals surface area contributed by atoms with Crippen LogP contribution < -0.4 is 20.9 Å². The Labute approximate surface area is 195 Å². The maximum Gasteiger partial charge on any atom is 0.238 e. The van der Waals surface area contributed by atoms with Crippen molar-refractivity contribution in [3.05, 3.63) is 59.7 Å². The minimum Gasteiger partial charge on any atom is -0.331 e. The summed E-state index contributed by atoms with van der Waals surface area (Å²) in [4.78, 5) is 27.1. The molecule has 2 aromatic rings. The van der Waals surface area contributed by atoms with Gasteiger partial charge in [0.1, 0.15) is 21.2 Å². The molecule has 2 aromatic carbocycles. The van der Waals surface area contributed by atoms with Crippen molar-refractivity contribution in [2.75, 3.05) is 16.0 Å². The maximum absolute atomic E-state index is 12.7. The predicted octanol–water partition coefficient (Wildman–Crippen LogP) is 3.47. The van der Waals surface area contributed by atoms with Crippen LogP contribution in [0.4, 0.5) is 11.4 Å². The first-order valence-electron chi connectivity index (χ1n) is 10.1. The number of nitrogens with zero attached hydrogens (tertiary/aromatic N) is 1. The second-order valence-electron chi connectivity index (χ2n) is 7.37. The van der Waals surface area contributed by atoms with Crippen LogP contribution in [0, 0.1) is 6.92 Å². The fraction of sp³-hybridized carbons (Fsp3) is 0.318. The molecule has 0 bridgehead atoms. The number of rotatable bonds is 6. The SMILES string of the molecule is CCc1ccc(NC(=O)CSC2NC(=O)C3SC(=S)N(c4ccccc4C)C3N2)cc1. The number of benzene rings is 2. The molecule has 6 nitrogen and oxygen atoms in total. The number of thioether (sulfide) groups is 2. The molecule has 2 aliphatic rings. The first kappa shape index (κ1) is 22.1. The number of anilines is 2. The van der Waals surface area contributed by atoms with Gasteiger partial charge in [0, 0.05) is 11.4 Å². The lowest BCUT2D eigenvalue weighted by molar-refractivity contribution is -0.122. The largest absolute Gasteiger partial charge is 0.331 e. The van der Waals surface area contributed by atoms with Crippen molar-refractivity contribution in [2.45, 2.75) is 37.2 Å². The number of thiocarbonyl (C=S) groups is 1. The Hall–Kier alpha value is -2.07. The van der Waals surface area contributed by atoms with Gasteiger partial charge in [0.05, 0.1) is 5.75 Å². The van der Waals surface area contributed by atoms with Gasteiger partial charge in [-0.25, -0.2) is 0 Å². The summed E-state index contributed by atoms with van der Waals surface area (Å²) in [7, 11) is 0. The van der Waals surface area contributed by atoms with Crippen LogP contribution in [0.15, 0.2) is 48.5 Å². The topological polar surface area (TPSA) is 73.5 Å². The molecule has 2 heterocycles. The molecule has 2 fully saturated rings. The van der Waals surface area contributed by atoms with Crippen LogP contribution in [0.3, 0.4) is 0 Å². The summed E-state index contributed by atoms with van der Waals surface area (Å²) in [5.41, 5.74) is 3.70. The van der Waals surface area contributed by atoms with E-state index in [1.54, 1.807) is 0 Å². The molecule has 162 valence electrons. The third-order valence-electron chi connectivity index (χ3n) is 5.25. The Balaban J connectivity index is 1.39. The highest BCUT2D eigenvalue weighted by molar-refractivity contribution is 8.24. The third-order valence-corrected chi connectivity index (χ3v) is 7.87. The molecule has 2 saturated heterocycles. The van der Waals surface area contributed by atoms with E-state index in [1.807, 2.05) is 60.4 Å². The highest BCUT2D eigenvalue weighted by Gasteiger charge is 2.48. The number of hydrogen-bond donors (Lipinski definition) is 3. The fourth-order valence-corrected chi connectivity index (χ4v) is 5.99. The van der Waals surface area contributed by atoms with Gasteiger partial charge in [0.2, 0.25) is 11.8 Å². The minimum absolute atomic E-state index is 0.0692. The van der Waals surface area contributed by atoms with E-state index in [4.69, 9.17) is 12.2 Å². The van der Waals surface area contributed by atoms with Gasteiger partial charge in [0.15, 0.2) is 0 Å². The standard InChI is InChI=1S/C22H24N4O2S3/c1-3-14-8-10-15(11-9-14)23-17(27)12-30-21-24-19-18(20(28)25-21)31-22(29)26(19)16-7-5-4-6-13(16)2/h4-11,18-19,21,24H,3,12H2,1-2H3,(H,23,27)(H,25,28). The van der Waals surface area contributed by atoms with Crippen LogP contribution in [-0.4, -0.2) is 38.8 Å². The lowest BCUT2D eigenvalue weighted by atomic mass is 10.1. The maximum atomic E-state index is 12.7. The zero-order valence-electron chi connectivity index (χ0n) is 17.3. The zero-order chi connectivity index (χ0) is 22.0. The number of nitrogens with one attached hydrogen (secondary N) is 3. The molecule has 3 atom stereocenters. The first-order chi connectivity index (χ1) is 15.0. The third kappa shape index (κ3) is 4.90. The van der Waals surface area contributed by atoms with Crippen molar-refractivity contribution in [2.24, 2.45) is 0 Å². The Bertz CT molecular complexity index is 999. The summed E-state index contributed by atoms with van der Waals surface area (Å²) < 4.78 is 0.672. The van der Waals surface area contributed by atoms with Crippen LogP contribution in [-0.2, 0) is 16.0 Å². The summed E-state index contributed by atoms with van der Waals surface area (Å²) in [6.45, 7) is 4.12. The van der Waals surface area contributed by atoms with Crippen molar-refractivity contribution >= 4 is 63.3 Å². The van der Waals surface area contributed by atoms with E-state index in [1.165, 1.54) is 29.1 Å². The Morgan fingerprint density at radius 3 is 2.68 bits per heavy atom. The summed E-state index contributed by atoms with van der Waals surface area (Å²) >= 11 is 8.33. The lowest BCUT2D eigenvalue weighted by Gasteiger charge is -2.37. The van der Waals surface area contributed by atoms with E-state index in [-0.39, 0.29) is 34.5 Å². The molecule has 4 rings (SSSR count). The Morgan fingerprint density at radius 1 is 1.23 bits per heavy atom. The number of carbonyl (C=O) groups excluding carboxylic acids is 2. The predicted molar refractivity (Wildman–Crippen MR) is 133 cm³/mol. The van der Waals surface area contributed by atoms with Gasteiger partial charge in [-0.15, -0.1) is 11.8 Å². The molecule has 3 N–H and O–H groups in total. The molecule has 2 amide bonds. The molecular weight excluding hydrogens is 448 g/mol. The smallest absolute Gasteiger partial charge is 0.238 e. The van der Waals surface area contributed by atoms with Gasteiger partial charge in [-0.05, 0) is 42.7 Å². The molecule has 0 saturated carbocycles. The summed E-state index contributed by atoms with van der Waals surface area (Å²) in [5.74, 6) is 0.0343. The number of fused-ring (bicyclic) bond motifs is 1. The molecule has 2 aliphatic heterocycles. The quantitative estimate of drug-likeness (QED) is 0.556. The minimum atomic E-state index is -0.380. The van der Waals surface area contributed by atoms with E-state index >= 15 is 0 Å². The molecule has 31 heavy (non-hydrogen) atoms. The highest BCUT2D eigenvalue weighted by atomic mass is 32.2. The first-order valence-corrected chi connectivity index (χ1v) is 12.4. The van der Waals surface area contributed by atoms with Crippen LogP contribution in [0.25, 0.3) is 0 Å². The average Bonchev–Trinajstić information content (AvgIpc) is 3.09. The summed E-state index contributed by atoms with van der Waals surface area (Å²) in [5, 5.41) is 8.99. The summed E-state index contributed by atoms with van der Waals surface area (Å²) in [6.07, 6.45) is 0.704. The van der Waals surface area contributed by atoms with Gasteiger partial charge in [-0.2, -0.15) is 0 Å². The average molecular weight is 473 g/mol. The van der Waals surface area contributed by atoms with E-state index in [0.717, 1.165) is 23.4 Å². The molecule has 0 aliphatic carbocycles. The van der Waals surface area contributed by atoms with Crippen LogP contribution in [0.1, 0.15) is 18.1 Å². The van der Waals surface area contributed by atoms with Crippen molar-refractivity contribution in [1.82, 2.24) is 10.6 Å². The molecule has 0 aromatic heterocycles. The van der Waals surface area contributed by atoms with Gasteiger partial charge < -0.3 is 15.5 Å². The normalized spacial score (nSPS) is 22.8. The molecular formula is C22H24N4O2S3. The van der Waals surface area contributed by atoms with Crippen molar-refractivity contribution < 1.29 is 9.59 Å². The second-order valence-corrected chi connectivity index (χ2v) is 10.2. The van der Waals surface area contributed by atoms with Gasteiger partial charge in [-0.3, -0.25) is 14.9 Å². The van der Waals surface area contributed by atoms with Crippen molar-refractivity contribution in [1.29, 1.82) is 0 Å². The number of aryl methyl sites for hydroxylation is 2. The Morgan fingerprint density at radius 2 is 1.97 bits per heavy atom. The van der Waals surface area contributed by atoms with Crippen LogP contribution >= 0.6 is 35.7 Å². The van der Waals surface area contributed by atoms with E-state index in [9.17, 15) is 9.59 Å². The fourth-order valence-electron chi connectivity index (χ4n) is 3.60. The number of hydrogen-bond acceptors (Lipinski definition) is 6. The Kier molecular flexibility index (Phi) is 6.86. The number of carbonyl (C=O) groups is 2. The van der Waals surface area contributed by atoms with E-state index in [2.05, 4.69) is 22.9 Å². The second kappa shape index (κ2) is 9.60. The van der Waals surface area contributed by atoms with E-state index in [0.29, 0.717) is 4.32 Å².